The van der Waals surface area contributed by atoms with Crippen molar-refractivity contribution in [3.63, 3.8) is 0 Å². The first-order valence-electron chi connectivity index (χ1n) is 10.9. The summed E-state index contributed by atoms with van der Waals surface area (Å²) in [4.78, 5) is 13.0. The van der Waals surface area contributed by atoms with Crippen LogP contribution >= 0.6 is 0 Å². The van der Waals surface area contributed by atoms with E-state index in [2.05, 4.69) is 28.2 Å². The highest BCUT2D eigenvalue weighted by atomic mass is 32.2. The summed E-state index contributed by atoms with van der Waals surface area (Å²) in [5.41, 5.74) is 5.19. The van der Waals surface area contributed by atoms with Gasteiger partial charge in [0.25, 0.3) is 15.9 Å². The van der Waals surface area contributed by atoms with E-state index in [0.717, 1.165) is 18.4 Å². The first kappa shape index (κ1) is 22.1. The van der Waals surface area contributed by atoms with E-state index >= 15 is 0 Å². The normalized spacial score (nSPS) is 14.3. The fraction of sp³-hybridized carbons (Fsp3) is 0.269. The van der Waals surface area contributed by atoms with Gasteiger partial charge in [-0.1, -0.05) is 42.5 Å². The average molecular weight is 449 g/mol. The number of aryl methyl sites for hydroxylation is 3. The van der Waals surface area contributed by atoms with Crippen LogP contribution < -0.4 is 10.0 Å². The van der Waals surface area contributed by atoms with Crippen molar-refractivity contribution in [1.82, 2.24) is 5.32 Å². The zero-order valence-corrected chi connectivity index (χ0v) is 19.2. The fourth-order valence-electron chi connectivity index (χ4n) is 4.13. The summed E-state index contributed by atoms with van der Waals surface area (Å²) in [5.74, 6) is -0.300. The lowest BCUT2D eigenvalue weighted by Gasteiger charge is -2.20. The molecule has 0 heterocycles. The van der Waals surface area contributed by atoms with Crippen molar-refractivity contribution in [2.45, 2.75) is 50.5 Å². The highest BCUT2D eigenvalue weighted by molar-refractivity contribution is 7.92. The number of sulfonamides is 1. The van der Waals surface area contributed by atoms with E-state index in [0.29, 0.717) is 16.8 Å². The van der Waals surface area contributed by atoms with E-state index in [-0.39, 0.29) is 16.8 Å². The molecule has 2 N–H and O–H groups in total. The number of anilines is 1. The molecule has 6 heteroatoms. The van der Waals surface area contributed by atoms with E-state index < -0.39 is 10.0 Å². The molecule has 3 aromatic rings. The number of fused-ring (bicyclic) bond motifs is 1. The summed E-state index contributed by atoms with van der Waals surface area (Å²) in [6.45, 7) is 3.67. The van der Waals surface area contributed by atoms with Gasteiger partial charge in [-0.2, -0.15) is 0 Å². The van der Waals surface area contributed by atoms with E-state index in [1.165, 1.54) is 30.0 Å². The van der Waals surface area contributed by atoms with Gasteiger partial charge in [0.2, 0.25) is 0 Å². The minimum Gasteiger partial charge on any atom is -0.346 e. The van der Waals surface area contributed by atoms with Crippen LogP contribution in [0.25, 0.3) is 0 Å². The molecule has 1 aliphatic carbocycles. The van der Waals surface area contributed by atoms with Gasteiger partial charge in [0.1, 0.15) is 0 Å². The van der Waals surface area contributed by atoms with Crippen molar-refractivity contribution in [2.75, 3.05) is 4.72 Å². The lowest BCUT2D eigenvalue weighted by atomic mass is 9.89. The standard InChI is InChI=1S/C26H28N2O3S/c1-18-12-13-23(17-25(18)32(30,31)28-24-10-4-3-5-11-24)26(29)27-19(2)21-15-14-20-8-6-7-9-22(20)16-21/h3-5,10-17,19,28H,6-9H2,1-2H3,(H,27,29). The average Bonchev–Trinajstić information content (AvgIpc) is 2.79. The number of amides is 1. The molecule has 0 fully saturated rings. The molecule has 1 amide bonds. The van der Waals surface area contributed by atoms with Crippen molar-refractivity contribution < 1.29 is 13.2 Å². The molecule has 4 rings (SSSR count). The Balaban J connectivity index is 1.53. The Morgan fingerprint density at radius 1 is 0.906 bits per heavy atom. The van der Waals surface area contributed by atoms with Crippen LogP contribution in [0.3, 0.4) is 0 Å². The Morgan fingerprint density at radius 3 is 2.38 bits per heavy atom. The molecule has 0 bridgehead atoms. The first-order valence-corrected chi connectivity index (χ1v) is 12.4. The van der Waals surface area contributed by atoms with Crippen LogP contribution in [0.4, 0.5) is 5.69 Å². The number of para-hydroxylation sites is 1. The van der Waals surface area contributed by atoms with Crippen molar-refractivity contribution in [3.8, 4) is 0 Å². The maximum atomic E-state index is 12.9. The van der Waals surface area contributed by atoms with Crippen LogP contribution in [0, 0.1) is 6.92 Å². The minimum absolute atomic E-state index is 0.0930. The maximum Gasteiger partial charge on any atom is 0.262 e. The highest BCUT2D eigenvalue weighted by Crippen LogP contribution is 2.25. The predicted octanol–water partition coefficient (Wildman–Crippen LogP) is 5.17. The molecule has 0 aromatic heterocycles. The Hall–Kier alpha value is -3.12. The molecule has 0 radical (unpaired) electrons. The van der Waals surface area contributed by atoms with Gasteiger partial charge in [0.15, 0.2) is 0 Å². The molecule has 166 valence electrons. The molecule has 32 heavy (non-hydrogen) atoms. The molecule has 0 spiro atoms. The Labute approximate surface area is 189 Å². The van der Waals surface area contributed by atoms with Gasteiger partial charge < -0.3 is 5.32 Å². The van der Waals surface area contributed by atoms with Crippen molar-refractivity contribution in [3.05, 3.63) is 94.5 Å². The molecule has 0 saturated heterocycles. The van der Waals surface area contributed by atoms with Gasteiger partial charge >= 0.3 is 0 Å². The summed E-state index contributed by atoms with van der Waals surface area (Å²) >= 11 is 0. The third-order valence-electron chi connectivity index (χ3n) is 5.99. The molecule has 0 aliphatic heterocycles. The Morgan fingerprint density at radius 2 is 1.62 bits per heavy atom. The van der Waals surface area contributed by atoms with Crippen molar-refractivity contribution in [2.24, 2.45) is 0 Å². The number of rotatable bonds is 6. The molecule has 5 nitrogen and oxygen atoms in total. The molecule has 0 saturated carbocycles. The van der Waals surface area contributed by atoms with Crippen LogP contribution in [0.5, 0.6) is 0 Å². The number of nitrogens with one attached hydrogen (secondary N) is 2. The quantitative estimate of drug-likeness (QED) is 0.547. The van der Waals surface area contributed by atoms with E-state index in [1.807, 2.05) is 13.0 Å². The minimum atomic E-state index is -3.82. The summed E-state index contributed by atoms with van der Waals surface area (Å²) in [6.07, 6.45) is 4.64. The SMILES string of the molecule is Cc1ccc(C(=O)NC(C)c2ccc3c(c2)CCCC3)cc1S(=O)(=O)Nc1ccccc1. The van der Waals surface area contributed by atoms with Crippen LogP contribution in [0.15, 0.2) is 71.6 Å². The van der Waals surface area contributed by atoms with Gasteiger partial charge in [-0.25, -0.2) is 8.42 Å². The second-order valence-corrected chi connectivity index (χ2v) is 10.0. The molecule has 1 unspecified atom stereocenters. The van der Waals surface area contributed by atoms with Gasteiger partial charge in [0, 0.05) is 11.3 Å². The second-order valence-electron chi connectivity index (χ2n) is 8.38. The van der Waals surface area contributed by atoms with Crippen molar-refractivity contribution >= 4 is 21.6 Å². The third-order valence-corrected chi connectivity index (χ3v) is 7.51. The topological polar surface area (TPSA) is 75.3 Å². The van der Waals surface area contributed by atoms with Gasteiger partial charge in [0.05, 0.1) is 10.9 Å². The van der Waals surface area contributed by atoms with Crippen LogP contribution in [0.2, 0.25) is 0 Å². The summed E-state index contributed by atoms with van der Waals surface area (Å²) < 4.78 is 28.4. The Bertz CT molecular complexity index is 1240. The predicted molar refractivity (Wildman–Crippen MR) is 127 cm³/mol. The third kappa shape index (κ3) is 4.86. The zero-order valence-electron chi connectivity index (χ0n) is 18.4. The largest absolute Gasteiger partial charge is 0.346 e. The van der Waals surface area contributed by atoms with E-state index in [9.17, 15) is 13.2 Å². The number of benzene rings is 3. The van der Waals surface area contributed by atoms with E-state index in [4.69, 9.17) is 0 Å². The Kier molecular flexibility index (Phi) is 6.33. The molecular formula is C26H28N2O3S. The second kappa shape index (κ2) is 9.17. The summed E-state index contributed by atoms with van der Waals surface area (Å²) in [6, 6.07) is 19.7. The smallest absolute Gasteiger partial charge is 0.262 e. The van der Waals surface area contributed by atoms with Crippen LogP contribution in [-0.4, -0.2) is 14.3 Å². The lowest BCUT2D eigenvalue weighted by molar-refractivity contribution is 0.0939. The first-order chi connectivity index (χ1) is 15.3. The van der Waals surface area contributed by atoms with Crippen LogP contribution in [-0.2, 0) is 22.9 Å². The monoisotopic (exact) mass is 448 g/mol. The van der Waals surface area contributed by atoms with Crippen molar-refractivity contribution in [1.29, 1.82) is 0 Å². The number of carbonyl (C=O) groups is 1. The molecule has 3 aromatic carbocycles. The van der Waals surface area contributed by atoms with Gasteiger partial charge in [-0.15, -0.1) is 0 Å². The van der Waals surface area contributed by atoms with Gasteiger partial charge in [-0.3, -0.25) is 9.52 Å². The fourth-order valence-corrected chi connectivity index (χ4v) is 5.46. The van der Waals surface area contributed by atoms with E-state index in [1.54, 1.807) is 43.3 Å². The number of hydrogen-bond acceptors (Lipinski definition) is 3. The number of carbonyl (C=O) groups excluding carboxylic acids is 1. The maximum absolute atomic E-state index is 12.9. The molecule has 1 atom stereocenters. The summed E-state index contributed by atoms with van der Waals surface area (Å²) in [5, 5.41) is 3.01. The molecule has 1 aliphatic rings. The van der Waals surface area contributed by atoms with Crippen LogP contribution in [0.1, 0.15) is 58.4 Å². The zero-order chi connectivity index (χ0) is 22.7. The molecular weight excluding hydrogens is 420 g/mol. The summed E-state index contributed by atoms with van der Waals surface area (Å²) in [7, 11) is -3.82. The van der Waals surface area contributed by atoms with Gasteiger partial charge in [-0.05, 0) is 86.1 Å². The highest BCUT2D eigenvalue weighted by Gasteiger charge is 2.21. The number of hydrogen-bond donors (Lipinski definition) is 2. The lowest BCUT2D eigenvalue weighted by Crippen LogP contribution is -2.27.